The van der Waals surface area contributed by atoms with E-state index in [1.54, 1.807) is 0 Å². The van der Waals surface area contributed by atoms with Crippen LogP contribution in [-0.2, 0) is 23.4 Å². The minimum absolute atomic E-state index is 0.377. The Labute approximate surface area is 168 Å². The third-order valence-corrected chi connectivity index (χ3v) is 7.28. The fourth-order valence-corrected chi connectivity index (χ4v) is 5.88. The second-order valence-electron chi connectivity index (χ2n) is 6.86. The molecule has 0 aliphatic carbocycles. The van der Waals surface area contributed by atoms with Crippen LogP contribution in [0.15, 0.2) is 60.7 Å². The molecule has 0 amide bonds. The van der Waals surface area contributed by atoms with Crippen molar-refractivity contribution in [3.05, 3.63) is 60.7 Å². The molecule has 0 saturated carbocycles. The topological polar surface area (TPSA) is 54.0 Å². The van der Waals surface area contributed by atoms with E-state index in [0.29, 0.717) is 19.6 Å². The lowest BCUT2D eigenvalue weighted by Crippen LogP contribution is -2.55. The van der Waals surface area contributed by atoms with Crippen molar-refractivity contribution in [3.63, 3.8) is 0 Å². The maximum absolute atomic E-state index is 11.8. The summed E-state index contributed by atoms with van der Waals surface area (Å²) in [7, 11) is -2.05. The molecule has 0 N–H and O–H groups in total. The van der Waals surface area contributed by atoms with Crippen molar-refractivity contribution < 1.29 is 23.4 Å². The largest absolute Gasteiger partial charge is 0.406 e. The number of rotatable bonds is 9. The maximum Gasteiger partial charge on any atom is 0.355 e. The van der Waals surface area contributed by atoms with Crippen LogP contribution in [0.25, 0.3) is 0 Å². The van der Waals surface area contributed by atoms with E-state index in [0.717, 1.165) is 23.2 Å². The highest BCUT2D eigenvalue weighted by atomic mass is 28.3. The number of hydrogen-bond acceptors (Lipinski definition) is 5. The number of unbranched alkanes of at least 4 members (excludes halogenated alkanes) is 1. The summed E-state index contributed by atoms with van der Waals surface area (Å²) in [5.74, 6) is -1.90. The van der Waals surface area contributed by atoms with Gasteiger partial charge in [-0.1, -0.05) is 80.4 Å². The van der Waals surface area contributed by atoms with E-state index in [9.17, 15) is 4.79 Å². The molecular weight excluding hydrogens is 372 g/mol. The summed E-state index contributed by atoms with van der Waals surface area (Å²) in [6.45, 7) is 4.24. The minimum atomic E-state index is -2.05. The van der Waals surface area contributed by atoms with Crippen molar-refractivity contribution in [2.75, 3.05) is 13.2 Å². The summed E-state index contributed by atoms with van der Waals surface area (Å²) in [6.07, 6.45) is 2.12. The van der Waals surface area contributed by atoms with Crippen molar-refractivity contribution in [2.45, 2.75) is 45.2 Å². The molecule has 6 heteroatoms. The molecule has 0 spiro atoms. The summed E-state index contributed by atoms with van der Waals surface area (Å²) in [4.78, 5) is 11.8. The monoisotopic (exact) mass is 400 g/mol. The summed E-state index contributed by atoms with van der Waals surface area (Å²) < 4.78 is 23.9. The van der Waals surface area contributed by atoms with Crippen LogP contribution >= 0.6 is 0 Å². The first-order valence-electron chi connectivity index (χ1n) is 9.87. The third kappa shape index (κ3) is 5.08. The highest BCUT2D eigenvalue weighted by molar-refractivity contribution is 6.80. The van der Waals surface area contributed by atoms with Gasteiger partial charge in [-0.15, -0.1) is 0 Å². The van der Waals surface area contributed by atoms with Gasteiger partial charge < -0.3 is 18.6 Å². The zero-order valence-corrected chi connectivity index (χ0v) is 17.7. The number of benzene rings is 2. The lowest BCUT2D eigenvalue weighted by Gasteiger charge is -2.36. The molecule has 1 unspecified atom stereocenters. The van der Waals surface area contributed by atoms with Crippen LogP contribution in [0.3, 0.4) is 0 Å². The standard InChI is InChI=1S/C22H28O5Si/c1-3-4-15-21(22(26-18(2)23)24-16-17-25-22)27-28(19-11-7-5-8-12-19)20-13-9-6-10-14-20/h5-14,21,28H,3-4,15-17H2,1-2H3. The van der Waals surface area contributed by atoms with Crippen LogP contribution in [0, 0.1) is 0 Å². The molecule has 150 valence electrons. The number of esters is 1. The fourth-order valence-electron chi connectivity index (χ4n) is 3.41. The third-order valence-electron chi connectivity index (χ3n) is 4.70. The SMILES string of the molecule is CCCCC(O[SiH](c1ccccc1)c1ccccc1)C1(OC(C)=O)OCCO1. The Morgan fingerprint density at radius 3 is 2.04 bits per heavy atom. The zero-order chi connectivity index (χ0) is 19.8. The van der Waals surface area contributed by atoms with Crippen LogP contribution < -0.4 is 10.4 Å². The van der Waals surface area contributed by atoms with Crippen molar-refractivity contribution in [2.24, 2.45) is 0 Å². The first kappa shape index (κ1) is 20.7. The van der Waals surface area contributed by atoms with Crippen LogP contribution in [0.5, 0.6) is 0 Å². The van der Waals surface area contributed by atoms with Crippen molar-refractivity contribution in [1.82, 2.24) is 0 Å². The second-order valence-corrected chi connectivity index (χ2v) is 9.23. The molecule has 0 radical (unpaired) electrons. The van der Waals surface area contributed by atoms with Gasteiger partial charge in [-0.2, -0.15) is 0 Å². The van der Waals surface area contributed by atoms with Crippen molar-refractivity contribution >= 4 is 25.4 Å². The molecule has 0 aromatic heterocycles. The summed E-state index contributed by atoms with van der Waals surface area (Å²) >= 11 is 0. The van der Waals surface area contributed by atoms with Gasteiger partial charge in [0.25, 0.3) is 0 Å². The Hall–Kier alpha value is -1.99. The maximum atomic E-state index is 11.8. The highest BCUT2D eigenvalue weighted by Gasteiger charge is 2.50. The molecule has 1 aliphatic rings. The van der Waals surface area contributed by atoms with Gasteiger partial charge in [0.2, 0.25) is 9.04 Å². The van der Waals surface area contributed by atoms with Gasteiger partial charge in [-0.05, 0) is 16.8 Å². The van der Waals surface area contributed by atoms with Crippen molar-refractivity contribution in [3.8, 4) is 0 Å². The van der Waals surface area contributed by atoms with Gasteiger partial charge >= 0.3 is 11.9 Å². The van der Waals surface area contributed by atoms with E-state index in [1.807, 2.05) is 36.4 Å². The number of ether oxygens (including phenoxy) is 3. The Balaban J connectivity index is 1.94. The highest BCUT2D eigenvalue weighted by Crippen LogP contribution is 2.31. The van der Waals surface area contributed by atoms with Gasteiger partial charge in [0, 0.05) is 6.92 Å². The van der Waals surface area contributed by atoms with Crippen molar-refractivity contribution in [1.29, 1.82) is 0 Å². The predicted molar refractivity (Wildman–Crippen MR) is 110 cm³/mol. The summed E-state index contributed by atoms with van der Waals surface area (Å²) in [5.41, 5.74) is 0. The Morgan fingerprint density at radius 1 is 1.04 bits per heavy atom. The Bertz CT molecular complexity index is 692. The lowest BCUT2D eigenvalue weighted by atomic mass is 10.1. The Kier molecular flexibility index (Phi) is 7.39. The van der Waals surface area contributed by atoms with E-state index < -0.39 is 27.1 Å². The van der Waals surface area contributed by atoms with E-state index in [-0.39, 0.29) is 0 Å². The molecule has 1 fully saturated rings. The van der Waals surface area contributed by atoms with E-state index >= 15 is 0 Å². The number of carbonyl (C=O) groups is 1. The molecule has 3 rings (SSSR count). The second kappa shape index (κ2) is 9.98. The summed E-state index contributed by atoms with van der Waals surface area (Å²) in [6, 6.07) is 20.5. The molecular formula is C22H28O5Si. The predicted octanol–water partition coefficient (Wildman–Crippen LogP) is 2.36. The molecule has 1 atom stereocenters. The number of carbonyl (C=O) groups excluding carboxylic acids is 1. The smallest absolute Gasteiger partial charge is 0.355 e. The van der Waals surface area contributed by atoms with E-state index in [4.69, 9.17) is 18.6 Å². The molecule has 2 aromatic rings. The average molecular weight is 401 g/mol. The van der Waals surface area contributed by atoms with Crippen LogP contribution in [0.4, 0.5) is 0 Å². The van der Waals surface area contributed by atoms with Gasteiger partial charge in [-0.25, -0.2) is 0 Å². The van der Waals surface area contributed by atoms with Crippen LogP contribution in [0.2, 0.25) is 0 Å². The zero-order valence-electron chi connectivity index (χ0n) is 16.5. The van der Waals surface area contributed by atoms with Gasteiger partial charge in [0.05, 0.1) is 13.2 Å². The minimum Gasteiger partial charge on any atom is -0.406 e. The van der Waals surface area contributed by atoms with E-state index in [2.05, 4.69) is 31.2 Å². The van der Waals surface area contributed by atoms with Crippen LogP contribution in [-0.4, -0.2) is 40.3 Å². The first-order valence-corrected chi connectivity index (χ1v) is 11.5. The number of hydrogen-bond donors (Lipinski definition) is 0. The summed E-state index contributed by atoms with van der Waals surface area (Å²) in [5, 5.41) is 2.32. The lowest BCUT2D eigenvalue weighted by molar-refractivity contribution is -0.348. The van der Waals surface area contributed by atoms with Gasteiger partial charge in [0.15, 0.2) is 0 Å². The fraction of sp³-hybridized carbons (Fsp3) is 0.409. The van der Waals surface area contributed by atoms with Gasteiger partial charge in [-0.3, -0.25) is 4.79 Å². The molecule has 1 aliphatic heterocycles. The molecule has 0 bridgehead atoms. The van der Waals surface area contributed by atoms with E-state index in [1.165, 1.54) is 6.92 Å². The van der Waals surface area contributed by atoms with Gasteiger partial charge in [0.1, 0.15) is 6.10 Å². The first-order chi connectivity index (χ1) is 13.6. The molecule has 5 nitrogen and oxygen atoms in total. The molecule has 2 aromatic carbocycles. The quantitative estimate of drug-likeness (QED) is 0.478. The Morgan fingerprint density at radius 2 is 1.57 bits per heavy atom. The molecule has 1 heterocycles. The molecule has 28 heavy (non-hydrogen) atoms. The van der Waals surface area contributed by atoms with Crippen LogP contribution in [0.1, 0.15) is 33.1 Å². The average Bonchev–Trinajstić information content (AvgIpc) is 3.18. The molecule has 1 saturated heterocycles. The normalized spacial score (nSPS) is 16.8.